The van der Waals surface area contributed by atoms with Gasteiger partial charge in [0.2, 0.25) is 0 Å². The average molecular weight is 561 g/mol. The fraction of sp³-hybridized carbons (Fsp3) is 0. The zero-order valence-corrected chi connectivity index (χ0v) is 24.1. The molecule has 9 aromatic rings. The van der Waals surface area contributed by atoms with Gasteiger partial charge in [0.25, 0.3) is 0 Å². The quantitative estimate of drug-likeness (QED) is 0.194. The van der Waals surface area contributed by atoms with E-state index in [2.05, 4.69) is 179 Å². The maximum absolute atomic E-state index is 2.45. The van der Waals surface area contributed by atoms with Gasteiger partial charge in [-0.05, 0) is 70.1 Å². The molecule has 0 aliphatic rings. The number of hydrogen-bond donors (Lipinski definition) is 0. The van der Waals surface area contributed by atoms with Gasteiger partial charge in [-0.3, -0.25) is 0 Å². The summed E-state index contributed by atoms with van der Waals surface area (Å²) in [5.41, 5.74) is 7.08. The summed E-state index contributed by atoms with van der Waals surface area (Å²) in [6.07, 6.45) is 0. The number of anilines is 3. The van der Waals surface area contributed by atoms with E-state index >= 15 is 0 Å². The van der Waals surface area contributed by atoms with Gasteiger partial charge in [-0.2, -0.15) is 0 Å². The summed E-state index contributed by atoms with van der Waals surface area (Å²) in [6, 6.07) is 61.4. The van der Waals surface area contributed by atoms with E-state index in [4.69, 9.17) is 0 Å². The van der Waals surface area contributed by atoms with E-state index in [9.17, 15) is 0 Å². The Morgan fingerprint density at radius 2 is 0.727 bits per heavy atom. The van der Waals surface area contributed by atoms with E-state index in [0.29, 0.717) is 0 Å². The van der Waals surface area contributed by atoms with Crippen molar-refractivity contribution in [1.29, 1.82) is 0 Å². The normalized spacial score (nSPS) is 11.6. The van der Waals surface area contributed by atoms with Crippen molar-refractivity contribution in [3.05, 3.63) is 170 Å². The van der Waals surface area contributed by atoms with Gasteiger partial charge in [0.1, 0.15) is 0 Å². The van der Waals surface area contributed by atoms with Crippen LogP contribution in [0.2, 0.25) is 0 Å². The average Bonchev–Trinajstić information content (AvgIpc) is 3.43. The van der Waals surface area contributed by atoms with Crippen LogP contribution in [0.3, 0.4) is 0 Å². The first-order chi connectivity index (χ1) is 21.9. The minimum Gasteiger partial charge on any atom is -0.310 e. The predicted octanol–water partition coefficient (Wildman–Crippen LogP) is 11.7. The highest BCUT2D eigenvalue weighted by Crippen LogP contribution is 2.45. The van der Waals surface area contributed by atoms with Crippen molar-refractivity contribution in [2.24, 2.45) is 0 Å². The summed E-state index contributed by atoms with van der Waals surface area (Å²) in [7, 11) is 0. The molecule has 1 heterocycles. The minimum absolute atomic E-state index is 1.13. The standard InChI is InChI=1S/C42H28N2/c1-3-15-29(16-4-1)43(30-17-5-2-6-18-30)41-27-37-32-20-8-10-22-34(32)42(28-38(37)31-19-7-9-21-33(31)41)44-39-25-13-11-23-35(39)36-24-12-14-26-40(36)44/h1-28H. The molecule has 44 heavy (non-hydrogen) atoms. The smallest absolute Gasteiger partial charge is 0.0547 e. The van der Waals surface area contributed by atoms with Gasteiger partial charge in [0.15, 0.2) is 0 Å². The van der Waals surface area contributed by atoms with Crippen LogP contribution in [0.25, 0.3) is 59.8 Å². The fourth-order valence-corrected chi connectivity index (χ4v) is 7.05. The summed E-state index contributed by atoms with van der Waals surface area (Å²) < 4.78 is 2.45. The van der Waals surface area contributed by atoms with Gasteiger partial charge in [-0.15, -0.1) is 0 Å². The lowest BCUT2D eigenvalue weighted by Gasteiger charge is -2.28. The largest absolute Gasteiger partial charge is 0.310 e. The Labute approximate surface area is 255 Å². The molecule has 0 saturated carbocycles. The van der Waals surface area contributed by atoms with Gasteiger partial charge in [0, 0.05) is 32.9 Å². The van der Waals surface area contributed by atoms with Crippen molar-refractivity contribution >= 4 is 71.2 Å². The molecular weight excluding hydrogens is 532 g/mol. The van der Waals surface area contributed by atoms with Gasteiger partial charge < -0.3 is 9.47 Å². The molecule has 9 rings (SSSR count). The maximum atomic E-state index is 2.45. The molecule has 0 amide bonds. The van der Waals surface area contributed by atoms with Crippen LogP contribution in [0.4, 0.5) is 17.1 Å². The lowest BCUT2D eigenvalue weighted by atomic mass is 9.94. The second kappa shape index (κ2) is 9.86. The Morgan fingerprint density at radius 1 is 0.318 bits per heavy atom. The number of benzene rings is 8. The third kappa shape index (κ3) is 3.68. The summed E-state index contributed by atoms with van der Waals surface area (Å²) >= 11 is 0. The number of nitrogens with zero attached hydrogens (tertiary/aromatic N) is 2. The minimum atomic E-state index is 1.13. The van der Waals surface area contributed by atoms with Crippen LogP contribution in [0.15, 0.2) is 170 Å². The molecule has 0 spiro atoms. The molecule has 0 fully saturated rings. The van der Waals surface area contributed by atoms with Crippen LogP contribution in [-0.2, 0) is 0 Å². The fourth-order valence-electron chi connectivity index (χ4n) is 7.05. The molecule has 2 heteroatoms. The summed E-state index contributed by atoms with van der Waals surface area (Å²) in [6.45, 7) is 0. The molecule has 0 atom stereocenters. The number of hydrogen-bond acceptors (Lipinski definition) is 1. The molecule has 8 aromatic carbocycles. The molecule has 0 N–H and O–H groups in total. The molecule has 2 nitrogen and oxygen atoms in total. The molecule has 0 aliphatic carbocycles. The highest BCUT2D eigenvalue weighted by Gasteiger charge is 2.20. The highest BCUT2D eigenvalue weighted by atomic mass is 15.1. The zero-order chi connectivity index (χ0) is 29.0. The second-order valence-corrected chi connectivity index (χ2v) is 11.4. The Bertz CT molecular complexity index is 2400. The van der Waals surface area contributed by atoms with Gasteiger partial charge in [-0.25, -0.2) is 0 Å². The Balaban J connectivity index is 1.43. The monoisotopic (exact) mass is 560 g/mol. The van der Waals surface area contributed by atoms with Crippen LogP contribution in [0, 0.1) is 0 Å². The zero-order valence-electron chi connectivity index (χ0n) is 24.1. The topological polar surface area (TPSA) is 8.17 Å². The van der Waals surface area contributed by atoms with Crippen molar-refractivity contribution in [1.82, 2.24) is 4.57 Å². The Kier molecular flexibility index (Phi) is 5.54. The van der Waals surface area contributed by atoms with E-state index in [1.165, 1.54) is 65.5 Å². The molecule has 0 radical (unpaired) electrons. The van der Waals surface area contributed by atoms with E-state index in [-0.39, 0.29) is 0 Å². The Hall–Kier alpha value is -5.86. The third-order valence-corrected chi connectivity index (χ3v) is 8.93. The molecule has 1 aromatic heterocycles. The first-order valence-corrected chi connectivity index (χ1v) is 15.1. The number of aromatic nitrogens is 1. The van der Waals surface area contributed by atoms with Crippen LogP contribution in [0.5, 0.6) is 0 Å². The van der Waals surface area contributed by atoms with Crippen LogP contribution >= 0.6 is 0 Å². The second-order valence-electron chi connectivity index (χ2n) is 11.4. The van der Waals surface area contributed by atoms with E-state index in [1.54, 1.807) is 0 Å². The number of rotatable bonds is 4. The van der Waals surface area contributed by atoms with E-state index < -0.39 is 0 Å². The van der Waals surface area contributed by atoms with Crippen LogP contribution < -0.4 is 4.90 Å². The SMILES string of the molecule is c1ccc(N(c2ccccc2)c2cc3c4ccccc4c(-n4c5ccccc5c5ccccc54)cc3c3ccccc23)cc1. The van der Waals surface area contributed by atoms with Crippen LogP contribution in [-0.4, -0.2) is 4.57 Å². The Morgan fingerprint density at radius 3 is 1.30 bits per heavy atom. The lowest BCUT2D eigenvalue weighted by molar-refractivity contribution is 1.20. The molecule has 0 saturated heterocycles. The van der Waals surface area contributed by atoms with E-state index in [1.807, 2.05) is 0 Å². The van der Waals surface area contributed by atoms with Crippen molar-refractivity contribution < 1.29 is 0 Å². The lowest BCUT2D eigenvalue weighted by Crippen LogP contribution is -2.10. The third-order valence-electron chi connectivity index (χ3n) is 8.93. The van der Waals surface area contributed by atoms with Crippen molar-refractivity contribution in [2.75, 3.05) is 4.90 Å². The van der Waals surface area contributed by atoms with E-state index in [0.717, 1.165) is 11.4 Å². The van der Waals surface area contributed by atoms with Crippen molar-refractivity contribution in [3.8, 4) is 5.69 Å². The summed E-state index contributed by atoms with van der Waals surface area (Å²) in [5.74, 6) is 0. The summed E-state index contributed by atoms with van der Waals surface area (Å²) in [5, 5.41) is 9.98. The van der Waals surface area contributed by atoms with Crippen molar-refractivity contribution in [3.63, 3.8) is 0 Å². The molecular formula is C42H28N2. The number of para-hydroxylation sites is 4. The van der Waals surface area contributed by atoms with Crippen molar-refractivity contribution in [2.45, 2.75) is 0 Å². The first kappa shape index (κ1) is 24.7. The van der Waals surface area contributed by atoms with Gasteiger partial charge in [0.05, 0.1) is 22.4 Å². The highest BCUT2D eigenvalue weighted by molar-refractivity contribution is 6.24. The van der Waals surface area contributed by atoms with Gasteiger partial charge in [-0.1, -0.05) is 121 Å². The van der Waals surface area contributed by atoms with Crippen LogP contribution in [0.1, 0.15) is 0 Å². The first-order valence-electron chi connectivity index (χ1n) is 15.1. The van der Waals surface area contributed by atoms with Gasteiger partial charge >= 0.3 is 0 Å². The number of fused-ring (bicyclic) bond motifs is 8. The maximum Gasteiger partial charge on any atom is 0.0547 e. The molecule has 0 aliphatic heterocycles. The molecule has 0 bridgehead atoms. The molecule has 0 unspecified atom stereocenters. The molecule has 206 valence electrons. The predicted molar refractivity (Wildman–Crippen MR) is 188 cm³/mol. The summed E-state index contributed by atoms with van der Waals surface area (Å²) in [4.78, 5) is 2.39.